The lowest BCUT2D eigenvalue weighted by Gasteiger charge is -2.29. The number of anilines is 3. The van der Waals surface area contributed by atoms with Gasteiger partial charge in [0.15, 0.2) is 11.3 Å². The van der Waals surface area contributed by atoms with Crippen LogP contribution in [-0.4, -0.2) is 96.7 Å². The molecule has 7 heterocycles. The summed E-state index contributed by atoms with van der Waals surface area (Å²) >= 11 is 0. The van der Waals surface area contributed by atoms with Crippen molar-refractivity contribution in [2.45, 2.75) is 102 Å². The Kier molecular flexibility index (Phi) is 14.8. The van der Waals surface area contributed by atoms with Gasteiger partial charge in [0.1, 0.15) is 17.9 Å². The highest BCUT2D eigenvalue weighted by molar-refractivity contribution is 6.08. The third-order valence-corrected chi connectivity index (χ3v) is 13.3. The van der Waals surface area contributed by atoms with Crippen molar-refractivity contribution >= 4 is 40.6 Å². The fourth-order valence-electron chi connectivity index (χ4n) is 9.65. The standard InChI is InChI=1S/C50H57F2N11O6/c1-2-68-45(65)30-60-27-37(13-16-44(60)64)56-49(66)35-10-7-9-34(21-35)36-20-33(24-54-25-36)8-5-3-4-6-18-53-23-32-11-14-38(15-12-32)63-29-42(46(59-63)47(51)52)57-50(67)41-26-55-62-19-17-43(58-48(41)62)61-28-40-22-39(61)31-69-40/h7,9-10,13,16-17,19-21,24-27,29,32,38-40,47,53H,2-6,8,11-12,14-15,18,22-23,28,30-31H2,1H3,(H,56,66)(H,57,67)/t32?,38?,39-,40-/m1/s1. The smallest absolute Gasteiger partial charge is 0.326 e. The second kappa shape index (κ2) is 21.6. The van der Waals surface area contributed by atoms with Crippen LogP contribution in [0.15, 0.2) is 90.5 Å². The summed E-state index contributed by atoms with van der Waals surface area (Å²) in [6.45, 7) is 4.86. The molecule has 9 rings (SSSR count). The second-order valence-electron chi connectivity index (χ2n) is 18.1. The Morgan fingerprint density at radius 2 is 1.77 bits per heavy atom. The molecule has 0 unspecified atom stereocenters. The molecule has 1 aromatic carbocycles. The van der Waals surface area contributed by atoms with Crippen LogP contribution in [0.3, 0.4) is 0 Å². The molecule has 362 valence electrons. The lowest BCUT2D eigenvalue weighted by atomic mass is 9.86. The van der Waals surface area contributed by atoms with E-state index < -0.39 is 24.0 Å². The first-order valence-corrected chi connectivity index (χ1v) is 23.9. The molecule has 2 amide bonds. The average Bonchev–Trinajstić information content (AvgIpc) is 4.19. The van der Waals surface area contributed by atoms with E-state index in [-0.39, 0.29) is 54.1 Å². The van der Waals surface area contributed by atoms with Crippen LogP contribution in [0.4, 0.5) is 26.0 Å². The van der Waals surface area contributed by atoms with Gasteiger partial charge in [-0.3, -0.25) is 28.8 Å². The van der Waals surface area contributed by atoms with E-state index >= 15 is 0 Å². The topological polar surface area (TPSA) is 192 Å². The maximum absolute atomic E-state index is 14.3. The molecule has 1 aliphatic carbocycles. The number of fused-ring (bicyclic) bond motifs is 3. The molecule has 17 nitrogen and oxygen atoms in total. The van der Waals surface area contributed by atoms with Crippen LogP contribution in [0.1, 0.15) is 109 Å². The number of alkyl halides is 2. The summed E-state index contributed by atoms with van der Waals surface area (Å²) < 4.78 is 43.5. The molecular weight excluding hydrogens is 889 g/mol. The van der Waals surface area contributed by atoms with Gasteiger partial charge >= 0.3 is 5.97 Å². The molecule has 5 aromatic heterocycles. The Morgan fingerprint density at radius 1 is 0.913 bits per heavy atom. The minimum Gasteiger partial charge on any atom is -0.465 e. The molecule has 2 bridgehead atoms. The van der Waals surface area contributed by atoms with Crippen LogP contribution in [0.5, 0.6) is 0 Å². The van der Waals surface area contributed by atoms with Crippen molar-refractivity contribution in [3.63, 3.8) is 0 Å². The predicted octanol–water partition coefficient (Wildman–Crippen LogP) is 7.26. The molecule has 3 fully saturated rings. The van der Waals surface area contributed by atoms with Gasteiger partial charge in [0.05, 0.1) is 49.0 Å². The zero-order valence-corrected chi connectivity index (χ0v) is 38.6. The van der Waals surface area contributed by atoms with Gasteiger partial charge in [-0.2, -0.15) is 10.2 Å². The lowest BCUT2D eigenvalue weighted by Crippen LogP contribution is -2.37. The van der Waals surface area contributed by atoms with Gasteiger partial charge in [0, 0.05) is 54.7 Å². The number of amides is 2. The van der Waals surface area contributed by atoms with Crippen molar-refractivity contribution in [3.05, 3.63) is 118 Å². The Labute approximate surface area is 397 Å². The highest BCUT2D eigenvalue weighted by Crippen LogP contribution is 2.36. The van der Waals surface area contributed by atoms with E-state index in [0.717, 1.165) is 106 Å². The minimum atomic E-state index is -2.86. The number of morpholine rings is 1. The summed E-state index contributed by atoms with van der Waals surface area (Å²) in [7, 11) is 0. The highest BCUT2D eigenvalue weighted by atomic mass is 19.3. The monoisotopic (exact) mass is 945 g/mol. The van der Waals surface area contributed by atoms with E-state index in [1.54, 1.807) is 36.1 Å². The Bertz CT molecular complexity index is 2840. The number of hydrogen-bond donors (Lipinski definition) is 3. The number of rotatable bonds is 20. The van der Waals surface area contributed by atoms with Crippen molar-refractivity contribution in [1.82, 2.24) is 39.2 Å². The first-order valence-electron chi connectivity index (χ1n) is 23.9. The molecule has 69 heavy (non-hydrogen) atoms. The van der Waals surface area contributed by atoms with Gasteiger partial charge in [-0.1, -0.05) is 25.0 Å². The summed E-state index contributed by atoms with van der Waals surface area (Å²) in [5, 5.41) is 17.7. The highest BCUT2D eigenvalue weighted by Gasteiger charge is 2.40. The number of carbonyl (C=O) groups excluding carboxylic acids is 3. The molecule has 3 aliphatic rings. The predicted molar refractivity (Wildman–Crippen MR) is 255 cm³/mol. The maximum Gasteiger partial charge on any atom is 0.326 e. The number of benzene rings is 1. The Hall–Kier alpha value is -6.86. The average molecular weight is 946 g/mol. The number of unbranched alkanes of at least 4 members (excludes halogenated alkanes) is 3. The van der Waals surface area contributed by atoms with Crippen molar-refractivity contribution in [3.8, 4) is 11.1 Å². The van der Waals surface area contributed by atoms with Crippen LogP contribution in [-0.2, 0) is 27.2 Å². The van der Waals surface area contributed by atoms with Gasteiger partial charge in [-0.05, 0) is 119 Å². The van der Waals surface area contributed by atoms with Crippen LogP contribution in [0.25, 0.3) is 16.8 Å². The number of esters is 1. The van der Waals surface area contributed by atoms with Crippen molar-refractivity contribution in [2.75, 3.05) is 48.4 Å². The van der Waals surface area contributed by atoms with Crippen molar-refractivity contribution in [1.29, 1.82) is 0 Å². The molecule has 1 saturated carbocycles. The molecule has 19 heteroatoms. The number of hydrogen-bond acceptors (Lipinski definition) is 12. The zero-order chi connectivity index (χ0) is 47.9. The SMILES string of the molecule is CCOC(=O)Cn1cc(NC(=O)c2cccc(-c3cncc(CCCCCCNCC4CCC(n5cc(NC(=O)c6cnn7ccc(N8C[C@H]9C[C@@H]8CO9)nc67)c(C(F)F)n5)CC4)c3)c2)ccc1=O. The number of halogens is 2. The fourth-order valence-corrected chi connectivity index (χ4v) is 9.65. The number of nitrogens with one attached hydrogen (secondary N) is 3. The van der Waals surface area contributed by atoms with Crippen molar-refractivity contribution in [2.24, 2.45) is 5.92 Å². The third kappa shape index (κ3) is 11.4. The number of ether oxygens (including phenoxy) is 2. The summed E-state index contributed by atoms with van der Waals surface area (Å²) in [5.41, 5.74) is 3.42. The van der Waals surface area contributed by atoms with E-state index in [2.05, 4.69) is 42.1 Å². The van der Waals surface area contributed by atoms with E-state index in [4.69, 9.17) is 14.5 Å². The summed E-state index contributed by atoms with van der Waals surface area (Å²) in [6, 6.07) is 14.3. The molecule has 2 atom stereocenters. The lowest BCUT2D eigenvalue weighted by molar-refractivity contribution is -0.143. The first-order chi connectivity index (χ1) is 33.6. The maximum atomic E-state index is 14.3. The van der Waals surface area contributed by atoms with Crippen LogP contribution in [0.2, 0.25) is 0 Å². The quantitative estimate of drug-likeness (QED) is 0.0514. The minimum absolute atomic E-state index is 0.00445. The summed E-state index contributed by atoms with van der Waals surface area (Å²) in [6.07, 6.45) is 16.7. The van der Waals surface area contributed by atoms with E-state index in [1.807, 2.05) is 24.4 Å². The number of aryl methyl sites for hydroxylation is 1. The van der Waals surface area contributed by atoms with Gasteiger partial charge in [-0.25, -0.2) is 18.3 Å². The fraction of sp³-hybridized carbons (Fsp3) is 0.440. The van der Waals surface area contributed by atoms with Gasteiger partial charge in [0.25, 0.3) is 23.8 Å². The Balaban J connectivity index is 0.682. The second-order valence-corrected chi connectivity index (χ2v) is 18.1. The Morgan fingerprint density at radius 3 is 2.57 bits per heavy atom. The van der Waals surface area contributed by atoms with Crippen LogP contribution >= 0.6 is 0 Å². The number of pyridine rings is 2. The third-order valence-electron chi connectivity index (χ3n) is 13.3. The molecule has 2 saturated heterocycles. The van der Waals surface area contributed by atoms with E-state index in [0.29, 0.717) is 29.4 Å². The molecule has 6 aromatic rings. The van der Waals surface area contributed by atoms with E-state index in [9.17, 15) is 28.0 Å². The van der Waals surface area contributed by atoms with Crippen molar-refractivity contribution < 1.29 is 32.6 Å². The van der Waals surface area contributed by atoms with E-state index in [1.165, 1.54) is 39.8 Å². The van der Waals surface area contributed by atoms with Gasteiger partial charge < -0.3 is 34.9 Å². The van der Waals surface area contributed by atoms with Gasteiger partial charge in [0.2, 0.25) is 0 Å². The normalized spacial score (nSPS) is 18.8. The number of nitrogens with zero attached hydrogens (tertiary/aromatic N) is 8. The number of carbonyl (C=O) groups is 3. The molecule has 0 spiro atoms. The summed E-state index contributed by atoms with van der Waals surface area (Å²) in [4.78, 5) is 62.3. The van der Waals surface area contributed by atoms with Gasteiger partial charge in [-0.15, -0.1) is 0 Å². The molecule has 3 N–H and O–H groups in total. The number of aromatic nitrogens is 7. The van der Waals surface area contributed by atoms with Crippen LogP contribution < -0.4 is 26.4 Å². The largest absolute Gasteiger partial charge is 0.465 e. The zero-order valence-electron chi connectivity index (χ0n) is 38.6. The molecule has 0 radical (unpaired) electrons. The summed E-state index contributed by atoms with van der Waals surface area (Å²) in [5.74, 6) is -0.234. The first kappa shape index (κ1) is 47.2. The van der Waals surface area contributed by atoms with Crippen LogP contribution in [0, 0.1) is 5.92 Å². The molecular formula is C50H57F2N11O6. The molecule has 2 aliphatic heterocycles.